The van der Waals surface area contributed by atoms with E-state index in [-0.39, 0.29) is 23.8 Å². The van der Waals surface area contributed by atoms with Crippen molar-refractivity contribution in [3.8, 4) is 11.5 Å². The van der Waals surface area contributed by atoms with Gasteiger partial charge in [0.25, 0.3) is 17.7 Å². The number of furan rings is 1. The number of ether oxygens (including phenoxy) is 2. The van der Waals surface area contributed by atoms with Crippen molar-refractivity contribution in [2.24, 2.45) is 0 Å². The highest BCUT2D eigenvalue weighted by Gasteiger charge is 2.43. The van der Waals surface area contributed by atoms with Crippen molar-refractivity contribution in [3.63, 3.8) is 0 Å². The second-order valence-electron chi connectivity index (χ2n) is 11.8. The van der Waals surface area contributed by atoms with Gasteiger partial charge in [0.05, 0.1) is 48.9 Å². The fourth-order valence-corrected chi connectivity index (χ4v) is 6.62. The average molecular weight is 637 g/mol. The number of carbonyl (C=O) groups excluding carboxylic acids is 3. The second kappa shape index (κ2) is 14.1. The van der Waals surface area contributed by atoms with Crippen LogP contribution in [0.3, 0.4) is 0 Å². The zero-order valence-corrected chi connectivity index (χ0v) is 27.0. The lowest BCUT2D eigenvalue weighted by molar-refractivity contribution is 0.0570. The van der Waals surface area contributed by atoms with Crippen LogP contribution in [0.25, 0.3) is 0 Å². The third kappa shape index (κ3) is 6.46. The van der Waals surface area contributed by atoms with E-state index in [1.165, 1.54) is 23.0 Å². The Bertz CT molecular complexity index is 1720. The zero-order valence-electron chi connectivity index (χ0n) is 27.0. The van der Waals surface area contributed by atoms with Gasteiger partial charge in [-0.3, -0.25) is 24.2 Å². The van der Waals surface area contributed by atoms with Gasteiger partial charge in [-0.1, -0.05) is 42.5 Å². The first kappa shape index (κ1) is 31.9. The number of carbonyl (C=O) groups is 3. The SMILES string of the molecule is COc1ccc([C@@H](CCCNC(=O)c2ccoc2)N2C(=O)c3cccc(N4CCN(C(C)c5ccccc5)CC4)c3C2=O)cc1OC. The van der Waals surface area contributed by atoms with Crippen LogP contribution >= 0.6 is 0 Å². The van der Waals surface area contributed by atoms with E-state index in [0.29, 0.717) is 47.6 Å². The lowest BCUT2D eigenvalue weighted by Gasteiger charge is -2.39. The number of methoxy groups -OCH3 is 2. The van der Waals surface area contributed by atoms with Gasteiger partial charge in [-0.05, 0) is 61.2 Å². The summed E-state index contributed by atoms with van der Waals surface area (Å²) in [4.78, 5) is 46.9. The number of benzene rings is 3. The highest BCUT2D eigenvalue weighted by molar-refractivity contribution is 6.24. The van der Waals surface area contributed by atoms with E-state index in [0.717, 1.165) is 37.4 Å². The molecule has 10 heteroatoms. The predicted molar refractivity (Wildman–Crippen MR) is 178 cm³/mol. The Morgan fingerprint density at radius 2 is 1.64 bits per heavy atom. The third-order valence-corrected chi connectivity index (χ3v) is 9.24. The van der Waals surface area contributed by atoms with Crippen LogP contribution in [-0.2, 0) is 0 Å². The van der Waals surface area contributed by atoms with Gasteiger partial charge >= 0.3 is 0 Å². The average Bonchev–Trinajstić information content (AvgIpc) is 3.75. The summed E-state index contributed by atoms with van der Waals surface area (Å²) >= 11 is 0. The molecule has 1 N–H and O–H groups in total. The molecular weight excluding hydrogens is 596 g/mol. The van der Waals surface area contributed by atoms with Crippen LogP contribution in [-0.4, -0.2) is 74.5 Å². The molecule has 0 aliphatic carbocycles. The fourth-order valence-electron chi connectivity index (χ4n) is 6.62. The fraction of sp³-hybridized carbons (Fsp3) is 0.324. The molecule has 4 aromatic rings. The molecular formula is C37H40N4O6. The molecule has 0 radical (unpaired) electrons. The Morgan fingerprint density at radius 1 is 0.872 bits per heavy atom. The second-order valence-corrected chi connectivity index (χ2v) is 11.8. The summed E-state index contributed by atoms with van der Waals surface area (Å²) in [6.45, 7) is 5.74. The van der Waals surface area contributed by atoms with Gasteiger partial charge < -0.3 is 24.1 Å². The van der Waals surface area contributed by atoms with Gasteiger partial charge in [-0.2, -0.15) is 0 Å². The van der Waals surface area contributed by atoms with Gasteiger partial charge in [0.2, 0.25) is 0 Å². The predicted octanol–water partition coefficient (Wildman–Crippen LogP) is 5.73. The summed E-state index contributed by atoms with van der Waals surface area (Å²) < 4.78 is 16.0. The van der Waals surface area contributed by atoms with E-state index in [1.807, 2.05) is 30.3 Å². The Balaban J connectivity index is 1.23. The summed E-state index contributed by atoms with van der Waals surface area (Å²) in [6.07, 6.45) is 3.79. The van der Waals surface area contributed by atoms with E-state index in [2.05, 4.69) is 46.3 Å². The Morgan fingerprint density at radius 3 is 2.34 bits per heavy atom. The maximum atomic E-state index is 14.3. The van der Waals surface area contributed by atoms with Gasteiger partial charge in [-0.15, -0.1) is 0 Å². The number of hydrogen-bond donors (Lipinski definition) is 1. The molecule has 0 saturated carbocycles. The van der Waals surface area contributed by atoms with Crippen molar-refractivity contribution in [1.29, 1.82) is 0 Å². The van der Waals surface area contributed by atoms with E-state index in [9.17, 15) is 14.4 Å². The summed E-state index contributed by atoms with van der Waals surface area (Å²) in [7, 11) is 3.11. The molecule has 2 aliphatic heterocycles. The molecule has 1 aromatic heterocycles. The third-order valence-electron chi connectivity index (χ3n) is 9.24. The number of amides is 3. The van der Waals surface area contributed by atoms with Crippen LogP contribution in [0.5, 0.6) is 11.5 Å². The van der Waals surface area contributed by atoms with Crippen molar-refractivity contribution in [3.05, 3.63) is 113 Å². The molecule has 1 unspecified atom stereocenters. The quantitative estimate of drug-likeness (QED) is 0.155. The van der Waals surface area contributed by atoms with E-state index < -0.39 is 6.04 Å². The van der Waals surface area contributed by atoms with Crippen LogP contribution in [0.4, 0.5) is 5.69 Å². The molecule has 0 bridgehead atoms. The number of nitrogens with zero attached hydrogens (tertiary/aromatic N) is 3. The van der Waals surface area contributed by atoms with Crippen LogP contribution in [0.15, 0.2) is 89.7 Å². The molecule has 1 saturated heterocycles. The minimum absolute atomic E-state index is 0.245. The molecule has 2 atom stereocenters. The number of rotatable bonds is 12. The molecule has 1 fully saturated rings. The first-order chi connectivity index (χ1) is 22.9. The molecule has 244 valence electrons. The molecule has 6 rings (SSSR count). The number of fused-ring (bicyclic) bond motifs is 1. The van der Waals surface area contributed by atoms with Crippen LogP contribution < -0.4 is 19.7 Å². The van der Waals surface area contributed by atoms with Gasteiger partial charge in [0.1, 0.15) is 6.26 Å². The smallest absolute Gasteiger partial charge is 0.264 e. The summed E-state index contributed by atoms with van der Waals surface area (Å²) in [6, 6.07) is 22.7. The Labute approximate surface area is 274 Å². The lowest BCUT2D eigenvalue weighted by atomic mass is 9.99. The molecule has 10 nitrogen and oxygen atoms in total. The summed E-state index contributed by atoms with van der Waals surface area (Å²) in [5, 5.41) is 2.89. The normalized spacial score (nSPS) is 16.1. The van der Waals surface area contributed by atoms with Crippen molar-refractivity contribution in [2.45, 2.75) is 31.8 Å². The first-order valence-electron chi connectivity index (χ1n) is 16.0. The van der Waals surface area contributed by atoms with Crippen LogP contribution in [0.2, 0.25) is 0 Å². The minimum atomic E-state index is -0.593. The standard InChI is InChI=1S/C37H40N4O6/c1-25(26-9-5-4-6-10-26)39-18-20-40(21-19-39)31-12-7-11-29-34(31)37(44)41(36(29)43)30(27-14-15-32(45-2)33(23-27)46-3)13-8-17-38-35(42)28-16-22-47-24-28/h4-7,9-12,14-16,22-25,30H,8,13,17-21H2,1-3H3,(H,38,42)/t25?,30-/m1/s1. The minimum Gasteiger partial charge on any atom is -0.493 e. The molecule has 3 aromatic carbocycles. The number of piperazine rings is 1. The number of anilines is 1. The summed E-state index contributed by atoms with van der Waals surface area (Å²) in [5.41, 5.74) is 4.09. The van der Waals surface area contributed by atoms with Crippen LogP contribution in [0, 0.1) is 0 Å². The van der Waals surface area contributed by atoms with Crippen molar-refractivity contribution >= 4 is 23.4 Å². The Kier molecular flexibility index (Phi) is 9.58. The maximum absolute atomic E-state index is 14.3. The van der Waals surface area contributed by atoms with E-state index in [1.54, 1.807) is 32.4 Å². The summed E-state index contributed by atoms with van der Waals surface area (Å²) in [5.74, 6) is 0.161. The Hall–Kier alpha value is -5.09. The van der Waals surface area contributed by atoms with Gasteiger partial charge in [0, 0.05) is 38.8 Å². The zero-order chi connectivity index (χ0) is 32.9. The molecule has 0 spiro atoms. The monoisotopic (exact) mass is 636 g/mol. The molecule has 3 amide bonds. The highest BCUT2D eigenvalue weighted by atomic mass is 16.5. The van der Waals surface area contributed by atoms with E-state index >= 15 is 0 Å². The largest absolute Gasteiger partial charge is 0.493 e. The van der Waals surface area contributed by atoms with Gasteiger partial charge in [0.15, 0.2) is 11.5 Å². The number of imide groups is 1. The first-order valence-corrected chi connectivity index (χ1v) is 16.0. The topological polar surface area (TPSA) is 105 Å². The maximum Gasteiger partial charge on any atom is 0.264 e. The van der Waals surface area contributed by atoms with E-state index in [4.69, 9.17) is 13.9 Å². The van der Waals surface area contributed by atoms with Crippen LogP contribution in [0.1, 0.15) is 74.0 Å². The van der Waals surface area contributed by atoms with Crippen molar-refractivity contribution in [1.82, 2.24) is 15.1 Å². The van der Waals surface area contributed by atoms with Gasteiger partial charge in [-0.25, -0.2) is 0 Å². The van der Waals surface area contributed by atoms with Crippen molar-refractivity contribution in [2.75, 3.05) is 51.8 Å². The molecule has 3 heterocycles. The number of nitrogens with one attached hydrogen (secondary N) is 1. The molecule has 47 heavy (non-hydrogen) atoms. The highest BCUT2D eigenvalue weighted by Crippen LogP contribution is 2.40. The number of hydrogen-bond acceptors (Lipinski definition) is 8. The van der Waals surface area contributed by atoms with Crippen molar-refractivity contribution < 1.29 is 28.3 Å². The molecule has 2 aliphatic rings. The lowest BCUT2D eigenvalue weighted by Crippen LogP contribution is -2.47.